The van der Waals surface area contributed by atoms with Crippen molar-refractivity contribution >= 4 is 38.1 Å². The van der Waals surface area contributed by atoms with E-state index in [1.165, 1.54) is 6.42 Å². The average Bonchev–Trinajstić information content (AvgIpc) is 2.67. The maximum atomic E-state index is 12.2. The summed E-state index contributed by atoms with van der Waals surface area (Å²) in [5, 5.41) is 12.5. The molecule has 1 atom stereocenters. The lowest BCUT2D eigenvalue weighted by Crippen LogP contribution is -2.30. The van der Waals surface area contributed by atoms with Crippen LogP contribution in [0.4, 0.5) is 11.6 Å². The molecule has 2 heterocycles. The first-order valence-electron chi connectivity index (χ1n) is 9.01. The third kappa shape index (κ3) is 5.23. The van der Waals surface area contributed by atoms with Crippen molar-refractivity contribution in [3.63, 3.8) is 0 Å². The predicted molar refractivity (Wildman–Crippen MR) is 108 cm³/mol. The van der Waals surface area contributed by atoms with Crippen LogP contribution in [0.25, 0.3) is 0 Å². The van der Waals surface area contributed by atoms with E-state index in [0.29, 0.717) is 17.5 Å². The largest absolute Gasteiger partial charge is 0.478 e. The van der Waals surface area contributed by atoms with Crippen molar-refractivity contribution < 1.29 is 14.7 Å². The molecule has 142 valence electrons. The minimum Gasteiger partial charge on any atom is -0.478 e. The summed E-state index contributed by atoms with van der Waals surface area (Å²) in [6, 6.07) is 5.07. The predicted octanol–water partition coefficient (Wildman–Crippen LogP) is 2.24. The molecule has 3 rings (SSSR count). The Morgan fingerprint density at radius 1 is 1.19 bits per heavy atom. The van der Waals surface area contributed by atoms with Crippen LogP contribution in [-0.2, 0) is 11.2 Å². The van der Waals surface area contributed by atoms with E-state index in [-0.39, 0.29) is 17.9 Å². The highest BCUT2D eigenvalue weighted by Crippen LogP contribution is 2.18. The van der Waals surface area contributed by atoms with Gasteiger partial charge in [-0.15, -0.1) is 9.24 Å². The Hall–Kier alpha value is -2.53. The van der Waals surface area contributed by atoms with Crippen molar-refractivity contribution in [1.29, 1.82) is 0 Å². The Morgan fingerprint density at radius 3 is 2.67 bits per heavy atom. The van der Waals surface area contributed by atoms with E-state index in [2.05, 4.69) is 29.4 Å². The number of nitrogens with one attached hydrogen (secondary N) is 1. The van der Waals surface area contributed by atoms with Gasteiger partial charge in [0.15, 0.2) is 5.82 Å². The molecule has 0 saturated carbocycles. The number of carboxylic acids is 1. The topological polar surface area (TPSA) is 95.4 Å². The normalized spacial score (nSPS) is 14.0. The van der Waals surface area contributed by atoms with Crippen LogP contribution in [0.3, 0.4) is 0 Å². The van der Waals surface area contributed by atoms with Crippen LogP contribution in [0.1, 0.15) is 41.6 Å². The molecule has 1 saturated heterocycles. The van der Waals surface area contributed by atoms with Crippen LogP contribution in [0.15, 0.2) is 30.6 Å². The fourth-order valence-corrected chi connectivity index (χ4v) is 3.55. The number of aromatic nitrogens is 2. The van der Waals surface area contributed by atoms with Crippen molar-refractivity contribution in [2.24, 2.45) is 0 Å². The summed E-state index contributed by atoms with van der Waals surface area (Å²) in [5.41, 5.74) is 1.16. The van der Waals surface area contributed by atoms with Gasteiger partial charge in [0.1, 0.15) is 5.82 Å². The molecule has 0 radical (unpaired) electrons. The van der Waals surface area contributed by atoms with Gasteiger partial charge in [0.2, 0.25) is 5.91 Å². The van der Waals surface area contributed by atoms with Crippen molar-refractivity contribution in [3.05, 3.63) is 41.7 Å². The summed E-state index contributed by atoms with van der Waals surface area (Å²) in [7, 11) is 2.42. The fourth-order valence-electron chi connectivity index (χ4n) is 3.12. The molecule has 1 aromatic heterocycles. The van der Waals surface area contributed by atoms with Gasteiger partial charge in [-0.3, -0.25) is 9.78 Å². The zero-order valence-electron chi connectivity index (χ0n) is 15.0. The van der Waals surface area contributed by atoms with Gasteiger partial charge >= 0.3 is 5.97 Å². The number of aryl methyl sites for hydroxylation is 1. The Balaban J connectivity index is 1.56. The summed E-state index contributed by atoms with van der Waals surface area (Å²) in [6.07, 6.45) is 7.62. The van der Waals surface area contributed by atoms with E-state index in [1.807, 2.05) is 0 Å². The number of carbonyl (C=O) groups excluding carboxylic acids is 1. The van der Waals surface area contributed by atoms with E-state index >= 15 is 0 Å². The molecule has 7 nitrogen and oxygen atoms in total. The number of piperidine rings is 1. The van der Waals surface area contributed by atoms with Gasteiger partial charge in [-0.25, -0.2) is 9.78 Å². The first-order chi connectivity index (χ1) is 13.0. The summed E-state index contributed by atoms with van der Waals surface area (Å²) in [6.45, 7) is 1.94. The van der Waals surface area contributed by atoms with Gasteiger partial charge in [0.25, 0.3) is 0 Å². The second-order valence-electron chi connectivity index (χ2n) is 6.59. The van der Waals surface area contributed by atoms with Gasteiger partial charge in [-0.1, -0.05) is 12.1 Å². The standard InChI is InChI=1S/C19H23N4O3P/c24-18(7-5-13-4-6-14(19(25)26)15(27)10-13)22-16-11-20-12-17(21-16)23-8-2-1-3-9-23/h4,6,10-12H,1-3,5,7-9,27H2,(H,25,26)(H,21,22,24). The molecule has 1 amide bonds. The molecule has 1 aromatic carbocycles. The van der Waals surface area contributed by atoms with Crippen LogP contribution in [0.5, 0.6) is 0 Å². The molecule has 8 heteroatoms. The number of hydrogen-bond donors (Lipinski definition) is 2. The van der Waals surface area contributed by atoms with Crippen molar-refractivity contribution in [2.45, 2.75) is 32.1 Å². The molecule has 1 unspecified atom stereocenters. The van der Waals surface area contributed by atoms with Crippen LogP contribution in [0, 0.1) is 0 Å². The quantitative estimate of drug-likeness (QED) is 0.740. The van der Waals surface area contributed by atoms with E-state index in [1.54, 1.807) is 30.6 Å². The average molecular weight is 386 g/mol. The van der Waals surface area contributed by atoms with Crippen LogP contribution >= 0.6 is 9.24 Å². The molecular formula is C19H23N4O3P. The number of carboxylic acid groups (broad SMARTS) is 1. The minimum absolute atomic E-state index is 0.146. The van der Waals surface area contributed by atoms with Crippen LogP contribution in [-0.4, -0.2) is 40.0 Å². The minimum atomic E-state index is -0.962. The van der Waals surface area contributed by atoms with Gasteiger partial charge < -0.3 is 15.3 Å². The van der Waals surface area contributed by atoms with Crippen LogP contribution < -0.4 is 15.5 Å². The number of benzene rings is 1. The number of amides is 1. The third-order valence-corrected chi connectivity index (χ3v) is 5.03. The highest BCUT2D eigenvalue weighted by Gasteiger charge is 2.14. The Labute approximate surface area is 160 Å². The van der Waals surface area contributed by atoms with Gasteiger partial charge in [0, 0.05) is 19.5 Å². The molecule has 1 fully saturated rings. The number of rotatable bonds is 6. The monoisotopic (exact) mass is 386 g/mol. The lowest BCUT2D eigenvalue weighted by molar-refractivity contribution is -0.116. The number of hydrogen-bond acceptors (Lipinski definition) is 5. The molecule has 1 aliphatic heterocycles. The zero-order valence-corrected chi connectivity index (χ0v) is 16.2. The lowest BCUT2D eigenvalue weighted by atomic mass is 10.1. The highest BCUT2D eigenvalue weighted by atomic mass is 31.0. The number of carbonyl (C=O) groups is 2. The number of aromatic carboxylic acids is 1. The van der Waals surface area contributed by atoms with Crippen molar-refractivity contribution in [2.75, 3.05) is 23.3 Å². The lowest BCUT2D eigenvalue weighted by Gasteiger charge is -2.27. The molecule has 1 aliphatic rings. The first-order valence-corrected chi connectivity index (χ1v) is 9.59. The zero-order chi connectivity index (χ0) is 19.2. The molecule has 0 aliphatic carbocycles. The second-order valence-corrected chi connectivity index (χ2v) is 7.21. The molecule has 2 N–H and O–H groups in total. The smallest absolute Gasteiger partial charge is 0.336 e. The summed E-state index contributed by atoms with van der Waals surface area (Å²) in [5.74, 6) is 0.143. The number of nitrogens with zero attached hydrogens (tertiary/aromatic N) is 3. The maximum absolute atomic E-state index is 12.2. The Bertz CT molecular complexity index is 837. The van der Waals surface area contributed by atoms with Gasteiger partial charge in [0.05, 0.1) is 18.0 Å². The highest BCUT2D eigenvalue weighted by molar-refractivity contribution is 7.27. The molecule has 0 spiro atoms. The summed E-state index contributed by atoms with van der Waals surface area (Å²) < 4.78 is 0. The van der Waals surface area contributed by atoms with E-state index < -0.39 is 5.97 Å². The Morgan fingerprint density at radius 2 is 1.96 bits per heavy atom. The molecule has 0 bridgehead atoms. The molecular weight excluding hydrogens is 363 g/mol. The molecule has 27 heavy (non-hydrogen) atoms. The summed E-state index contributed by atoms with van der Waals surface area (Å²) in [4.78, 5) is 34.2. The van der Waals surface area contributed by atoms with E-state index in [4.69, 9.17) is 5.11 Å². The van der Waals surface area contributed by atoms with Crippen molar-refractivity contribution in [1.82, 2.24) is 9.97 Å². The van der Waals surface area contributed by atoms with Crippen molar-refractivity contribution in [3.8, 4) is 0 Å². The number of anilines is 2. The first kappa shape index (κ1) is 19.2. The fraction of sp³-hybridized carbons (Fsp3) is 0.368. The van der Waals surface area contributed by atoms with Gasteiger partial charge in [-0.05, 0) is 42.6 Å². The molecule has 2 aromatic rings. The van der Waals surface area contributed by atoms with Crippen LogP contribution in [0.2, 0.25) is 0 Å². The SMILES string of the molecule is O=C(CCc1ccc(C(=O)O)c(P)c1)Nc1cncc(N2CCCCC2)n1. The van der Waals surface area contributed by atoms with E-state index in [0.717, 1.165) is 37.3 Å². The maximum Gasteiger partial charge on any atom is 0.336 e. The van der Waals surface area contributed by atoms with Gasteiger partial charge in [-0.2, -0.15) is 0 Å². The Kier molecular flexibility index (Phi) is 6.35. The van der Waals surface area contributed by atoms with E-state index in [9.17, 15) is 9.59 Å². The second kappa shape index (κ2) is 8.91. The summed E-state index contributed by atoms with van der Waals surface area (Å²) >= 11 is 0. The third-order valence-electron chi connectivity index (χ3n) is 4.56.